The van der Waals surface area contributed by atoms with Gasteiger partial charge in [-0.25, -0.2) is 0 Å². The van der Waals surface area contributed by atoms with Crippen LogP contribution in [-0.2, 0) is 4.79 Å². The lowest BCUT2D eigenvalue weighted by Crippen LogP contribution is -2.46. The van der Waals surface area contributed by atoms with E-state index in [2.05, 4.69) is 10.6 Å². The molecule has 2 fully saturated rings. The molecule has 86 valence electrons. The molecule has 0 radical (unpaired) electrons. The van der Waals surface area contributed by atoms with E-state index in [9.17, 15) is 4.79 Å². The lowest BCUT2D eigenvalue weighted by Gasteiger charge is -2.28. The zero-order valence-corrected chi connectivity index (χ0v) is 9.43. The second-order valence-corrected chi connectivity index (χ2v) is 4.89. The molecule has 1 aliphatic carbocycles. The molecule has 3 nitrogen and oxygen atoms in total. The van der Waals surface area contributed by atoms with Crippen molar-refractivity contribution in [2.24, 2.45) is 5.92 Å². The minimum atomic E-state index is 0.300. The standard InChI is InChI=1S/C12H22N2O/c15-12(10-5-4-6-10)14-11-7-2-1-3-8-13-9-11/h10-11,13H,1-9H2,(H,14,15). The van der Waals surface area contributed by atoms with Crippen molar-refractivity contribution in [3.63, 3.8) is 0 Å². The molecule has 2 N–H and O–H groups in total. The molecule has 2 aliphatic rings. The van der Waals surface area contributed by atoms with Crippen molar-refractivity contribution in [1.82, 2.24) is 10.6 Å². The van der Waals surface area contributed by atoms with Gasteiger partial charge < -0.3 is 10.6 Å². The summed E-state index contributed by atoms with van der Waals surface area (Å²) in [5.74, 6) is 0.629. The molecule has 1 saturated heterocycles. The van der Waals surface area contributed by atoms with Crippen LogP contribution in [0.3, 0.4) is 0 Å². The van der Waals surface area contributed by atoms with Crippen LogP contribution in [0.5, 0.6) is 0 Å². The Kier molecular flexibility index (Phi) is 4.01. The van der Waals surface area contributed by atoms with Crippen LogP contribution >= 0.6 is 0 Å². The molecule has 0 aromatic rings. The predicted molar refractivity (Wildman–Crippen MR) is 60.6 cm³/mol. The minimum absolute atomic E-state index is 0.300. The topological polar surface area (TPSA) is 41.1 Å². The number of hydrogen-bond acceptors (Lipinski definition) is 2. The Morgan fingerprint density at radius 2 is 1.93 bits per heavy atom. The Balaban J connectivity index is 1.73. The first kappa shape index (κ1) is 10.9. The number of nitrogens with one attached hydrogen (secondary N) is 2. The van der Waals surface area contributed by atoms with Crippen molar-refractivity contribution < 1.29 is 4.79 Å². The van der Waals surface area contributed by atoms with Gasteiger partial charge in [-0.3, -0.25) is 4.79 Å². The van der Waals surface area contributed by atoms with Crippen LogP contribution in [0.4, 0.5) is 0 Å². The van der Waals surface area contributed by atoms with Crippen molar-refractivity contribution in [1.29, 1.82) is 0 Å². The molecule has 0 aromatic heterocycles. The molecule has 0 aromatic carbocycles. The molecule has 1 unspecified atom stereocenters. The Bertz CT molecular complexity index is 206. The lowest BCUT2D eigenvalue weighted by molar-refractivity contribution is -0.128. The van der Waals surface area contributed by atoms with Gasteiger partial charge in [-0.1, -0.05) is 19.3 Å². The Labute approximate surface area is 92.0 Å². The fraction of sp³-hybridized carbons (Fsp3) is 0.917. The van der Waals surface area contributed by atoms with Crippen molar-refractivity contribution in [3.8, 4) is 0 Å². The average molecular weight is 210 g/mol. The molecule has 1 heterocycles. The maximum Gasteiger partial charge on any atom is 0.223 e. The first-order valence-electron chi connectivity index (χ1n) is 6.37. The molecule has 3 heteroatoms. The van der Waals surface area contributed by atoms with Crippen molar-refractivity contribution in [3.05, 3.63) is 0 Å². The average Bonchev–Trinajstić information content (AvgIpc) is 2.06. The summed E-state index contributed by atoms with van der Waals surface area (Å²) in [5, 5.41) is 6.59. The van der Waals surface area contributed by atoms with Crippen molar-refractivity contribution in [2.75, 3.05) is 13.1 Å². The van der Waals surface area contributed by atoms with Crippen molar-refractivity contribution in [2.45, 2.75) is 51.0 Å². The lowest BCUT2D eigenvalue weighted by atomic mass is 9.84. The largest absolute Gasteiger partial charge is 0.352 e. The second kappa shape index (κ2) is 5.50. The van der Waals surface area contributed by atoms with Crippen LogP contribution in [0.15, 0.2) is 0 Å². The van der Waals surface area contributed by atoms with Crippen LogP contribution in [-0.4, -0.2) is 25.0 Å². The third-order valence-electron chi connectivity index (χ3n) is 3.62. The number of carbonyl (C=O) groups excluding carboxylic acids is 1. The summed E-state index contributed by atoms with van der Waals surface area (Å²) in [6.45, 7) is 2.06. The zero-order chi connectivity index (χ0) is 10.5. The first-order valence-corrected chi connectivity index (χ1v) is 6.37. The normalized spacial score (nSPS) is 28.7. The molecule has 1 saturated carbocycles. The summed E-state index contributed by atoms with van der Waals surface area (Å²) < 4.78 is 0. The molecular weight excluding hydrogens is 188 g/mol. The highest BCUT2D eigenvalue weighted by atomic mass is 16.2. The monoisotopic (exact) mass is 210 g/mol. The zero-order valence-electron chi connectivity index (χ0n) is 9.43. The van der Waals surface area contributed by atoms with E-state index < -0.39 is 0 Å². The van der Waals surface area contributed by atoms with Crippen LogP contribution in [0.25, 0.3) is 0 Å². The summed E-state index contributed by atoms with van der Waals surface area (Å²) in [6, 6.07) is 0.374. The van der Waals surface area contributed by atoms with E-state index in [0.717, 1.165) is 32.4 Å². The van der Waals surface area contributed by atoms with Gasteiger partial charge in [0, 0.05) is 18.5 Å². The SMILES string of the molecule is O=C(NC1CCCCCNC1)C1CCC1. The highest BCUT2D eigenvalue weighted by Crippen LogP contribution is 2.26. The van der Waals surface area contributed by atoms with E-state index in [1.807, 2.05) is 0 Å². The van der Waals surface area contributed by atoms with Crippen LogP contribution in [0.1, 0.15) is 44.9 Å². The van der Waals surface area contributed by atoms with Crippen LogP contribution in [0.2, 0.25) is 0 Å². The molecule has 0 bridgehead atoms. The summed E-state index contributed by atoms with van der Waals surface area (Å²) >= 11 is 0. The van der Waals surface area contributed by atoms with E-state index in [1.165, 1.54) is 25.7 Å². The van der Waals surface area contributed by atoms with Gasteiger partial charge in [-0.2, -0.15) is 0 Å². The maximum absolute atomic E-state index is 11.8. The first-order chi connectivity index (χ1) is 7.36. The summed E-state index contributed by atoms with van der Waals surface area (Å²) in [7, 11) is 0. The Hall–Kier alpha value is -0.570. The Morgan fingerprint density at radius 1 is 1.07 bits per heavy atom. The quantitative estimate of drug-likeness (QED) is 0.724. The molecule has 2 rings (SSSR count). The van der Waals surface area contributed by atoms with Crippen LogP contribution in [0, 0.1) is 5.92 Å². The summed E-state index contributed by atoms with van der Waals surface area (Å²) in [5.41, 5.74) is 0. The van der Waals surface area contributed by atoms with Crippen LogP contribution < -0.4 is 10.6 Å². The summed E-state index contributed by atoms with van der Waals surface area (Å²) in [4.78, 5) is 11.8. The number of hydrogen-bond donors (Lipinski definition) is 2. The van der Waals surface area contributed by atoms with E-state index in [4.69, 9.17) is 0 Å². The number of amides is 1. The van der Waals surface area contributed by atoms with E-state index in [1.54, 1.807) is 0 Å². The molecule has 15 heavy (non-hydrogen) atoms. The molecule has 1 atom stereocenters. The molecular formula is C12H22N2O. The van der Waals surface area contributed by atoms with E-state index in [-0.39, 0.29) is 0 Å². The van der Waals surface area contributed by atoms with Gasteiger partial charge in [0.05, 0.1) is 0 Å². The van der Waals surface area contributed by atoms with Crippen molar-refractivity contribution >= 4 is 5.91 Å². The smallest absolute Gasteiger partial charge is 0.223 e. The maximum atomic E-state index is 11.8. The van der Waals surface area contributed by atoms with Gasteiger partial charge in [-0.15, -0.1) is 0 Å². The van der Waals surface area contributed by atoms with Gasteiger partial charge in [0.1, 0.15) is 0 Å². The third-order valence-corrected chi connectivity index (χ3v) is 3.62. The van der Waals surface area contributed by atoms with Gasteiger partial charge in [-0.05, 0) is 32.2 Å². The highest BCUT2D eigenvalue weighted by Gasteiger charge is 2.26. The predicted octanol–water partition coefficient (Wildman–Crippen LogP) is 1.43. The Morgan fingerprint density at radius 3 is 2.67 bits per heavy atom. The third kappa shape index (κ3) is 3.20. The fourth-order valence-electron chi connectivity index (χ4n) is 2.31. The molecule has 0 spiro atoms. The highest BCUT2D eigenvalue weighted by molar-refractivity contribution is 5.79. The van der Waals surface area contributed by atoms with Gasteiger partial charge in [0.15, 0.2) is 0 Å². The molecule has 1 amide bonds. The number of rotatable bonds is 2. The molecule has 1 aliphatic heterocycles. The van der Waals surface area contributed by atoms with E-state index in [0.29, 0.717) is 17.9 Å². The fourth-order valence-corrected chi connectivity index (χ4v) is 2.31. The van der Waals surface area contributed by atoms with Gasteiger partial charge in [0.2, 0.25) is 5.91 Å². The second-order valence-electron chi connectivity index (χ2n) is 4.89. The van der Waals surface area contributed by atoms with Gasteiger partial charge in [0.25, 0.3) is 0 Å². The summed E-state index contributed by atoms with van der Waals surface area (Å²) in [6.07, 6.45) is 8.42. The number of carbonyl (C=O) groups is 1. The van der Waals surface area contributed by atoms with Gasteiger partial charge >= 0.3 is 0 Å². The minimum Gasteiger partial charge on any atom is -0.352 e. The van der Waals surface area contributed by atoms with E-state index >= 15 is 0 Å².